The molecule has 34 heavy (non-hydrogen) atoms. The summed E-state index contributed by atoms with van der Waals surface area (Å²) >= 11 is 0. The highest BCUT2D eigenvalue weighted by molar-refractivity contribution is 7.92. The Kier molecular flexibility index (Phi) is 7.07. The van der Waals surface area contributed by atoms with Crippen molar-refractivity contribution in [1.82, 2.24) is 5.32 Å². The number of carbonyl (C=O) groups excluding carboxylic acids is 1. The molecule has 0 saturated carbocycles. The molecule has 0 aliphatic carbocycles. The monoisotopic (exact) mass is 480 g/mol. The lowest BCUT2D eigenvalue weighted by Crippen LogP contribution is -2.51. The lowest BCUT2D eigenvalue weighted by atomic mass is 10.1. The average Bonchev–Trinajstić information content (AvgIpc) is 2.83. The van der Waals surface area contributed by atoms with Crippen molar-refractivity contribution in [3.8, 4) is 11.5 Å². The first kappa shape index (κ1) is 23.6. The number of amides is 1. The second kappa shape index (κ2) is 10.2. The van der Waals surface area contributed by atoms with Crippen molar-refractivity contribution in [1.29, 1.82) is 0 Å². The molecule has 0 unspecified atom stereocenters. The molecule has 0 saturated heterocycles. The highest BCUT2D eigenvalue weighted by atomic mass is 32.2. The summed E-state index contributed by atoms with van der Waals surface area (Å²) in [5.41, 5.74) is 3.30. The Morgan fingerprint density at radius 2 is 1.76 bits per heavy atom. The first-order chi connectivity index (χ1) is 16.3. The molecule has 1 aliphatic rings. The van der Waals surface area contributed by atoms with E-state index >= 15 is 0 Å². The molecular formula is C26H28N2O5S. The summed E-state index contributed by atoms with van der Waals surface area (Å²) in [7, 11) is -3.74. The Morgan fingerprint density at radius 3 is 2.56 bits per heavy atom. The van der Waals surface area contributed by atoms with Gasteiger partial charge in [-0.3, -0.25) is 9.10 Å². The Labute approximate surface area is 200 Å². The fourth-order valence-corrected chi connectivity index (χ4v) is 5.38. The van der Waals surface area contributed by atoms with Crippen LogP contribution in [-0.4, -0.2) is 40.1 Å². The Bertz CT molecular complexity index is 1260. The topological polar surface area (TPSA) is 84.9 Å². The summed E-state index contributed by atoms with van der Waals surface area (Å²) in [6, 6.07) is 21.7. The standard InChI is InChI=1S/C26H28N2O5S/c1-19-9-8-14-23(20(19)2)32-16-15-27-26(29)25-17-28(22-12-6-7-13-24(22)33-25)34(30,31)18-21-10-4-3-5-11-21/h3-14,25H,15-18H2,1-2H3,(H,27,29)/t25-/m1/s1. The van der Waals surface area contributed by atoms with Crippen LogP contribution >= 0.6 is 0 Å². The smallest absolute Gasteiger partial charge is 0.263 e. The summed E-state index contributed by atoms with van der Waals surface area (Å²) in [4.78, 5) is 12.9. The molecule has 7 nitrogen and oxygen atoms in total. The first-order valence-corrected chi connectivity index (χ1v) is 12.7. The average molecular weight is 481 g/mol. The maximum absolute atomic E-state index is 13.3. The minimum Gasteiger partial charge on any atom is -0.491 e. The van der Waals surface area contributed by atoms with Gasteiger partial charge in [0.1, 0.15) is 18.1 Å². The third kappa shape index (κ3) is 5.34. The summed E-state index contributed by atoms with van der Waals surface area (Å²) in [6.07, 6.45) is -0.971. The number of carbonyl (C=O) groups is 1. The predicted octanol–water partition coefficient (Wildman–Crippen LogP) is 3.60. The van der Waals surface area contributed by atoms with E-state index in [9.17, 15) is 13.2 Å². The van der Waals surface area contributed by atoms with Gasteiger partial charge in [0, 0.05) is 0 Å². The normalized spacial score (nSPS) is 15.2. The predicted molar refractivity (Wildman–Crippen MR) is 132 cm³/mol. The van der Waals surface area contributed by atoms with E-state index in [0.717, 1.165) is 16.9 Å². The lowest BCUT2D eigenvalue weighted by molar-refractivity contribution is -0.127. The van der Waals surface area contributed by atoms with Crippen LogP contribution in [-0.2, 0) is 20.6 Å². The molecule has 178 valence electrons. The number of benzene rings is 3. The molecule has 8 heteroatoms. The van der Waals surface area contributed by atoms with Crippen molar-refractivity contribution in [3.63, 3.8) is 0 Å². The van der Waals surface area contributed by atoms with Crippen LogP contribution in [0.2, 0.25) is 0 Å². The largest absolute Gasteiger partial charge is 0.491 e. The summed E-state index contributed by atoms with van der Waals surface area (Å²) in [6.45, 7) is 4.45. The van der Waals surface area contributed by atoms with Crippen LogP contribution in [0.5, 0.6) is 11.5 Å². The van der Waals surface area contributed by atoms with Gasteiger partial charge in [-0.05, 0) is 48.7 Å². The van der Waals surface area contributed by atoms with Gasteiger partial charge >= 0.3 is 0 Å². The van der Waals surface area contributed by atoms with Gasteiger partial charge in [-0.1, -0.05) is 54.6 Å². The third-order valence-corrected chi connectivity index (χ3v) is 7.48. The van der Waals surface area contributed by atoms with Crippen molar-refractivity contribution in [3.05, 3.63) is 89.5 Å². The van der Waals surface area contributed by atoms with Crippen LogP contribution in [0.15, 0.2) is 72.8 Å². The molecule has 0 spiro atoms. The van der Waals surface area contributed by atoms with Crippen LogP contribution in [0.4, 0.5) is 5.69 Å². The molecule has 3 aromatic carbocycles. The van der Waals surface area contributed by atoms with Crippen molar-refractivity contribution in [2.45, 2.75) is 25.7 Å². The fourth-order valence-electron chi connectivity index (χ4n) is 3.79. The van der Waals surface area contributed by atoms with Crippen LogP contribution in [0, 0.1) is 13.8 Å². The van der Waals surface area contributed by atoms with Gasteiger partial charge in [-0.25, -0.2) is 8.42 Å². The number of fused-ring (bicyclic) bond motifs is 1. The van der Waals surface area contributed by atoms with Gasteiger partial charge in [0.15, 0.2) is 6.10 Å². The van der Waals surface area contributed by atoms with E-state index in [1.807, 2.05) is 38.1 Å². The molecule has 0 aromatic heterocycles. The van der Waals surface area contributed by atoms with Gasteiger partial charge in [-0.2, -0.15) is 0 Å². The second-order valence-electron chi connectivity index (χ2n) is 8.18. The SMILES string of the molecule is Cc1cccc(OCCNC(=O)[C@H]2CN(S(=O)(=O)Cc3ccccc3)c3ccccc3O2)c1C. The molecular weight excluding hydrogens is 452 g/mol. The van der Waals surface area contributed by atoms with Crippen molar-refractivity contribution < 1.29 is 22.7 Å². The molecule has 0 fully saturated rings. The number of para-hydroxylation sites is 2. The van der Waals surface area contributed by atoms with Crippen LogP contribution in [0.1, 0.15) is 16.7 Å². The molecule has 1 atom stereocenters. The van der Waals surface area contributed by atoms with E-state index in [1.165, 1.54) is 4.31 Å². The first-order valence-electron chi connectivity index (χ1n) is 11.1. The highest BCUT2D eigenvalue weighted by Gasteiger charge is 2.36. The van der Waals surface area contributed by atoms with E-state index < -0.39 is 16.1 Å². The van der Waals surface area contributed by atoms with E-state index in [2.05, 4.69) is 5.32 Å². The summed E-state index contributed by atoms with van der Waals surface area (Å²) in [5.74, 6) is 0.576. The molecule has 1 N–H and O–H groups in total. The van der Waals surface area contributed by atoms with E-state index in [4.69, 9.17) is 9.47 Å². The number of sulfonamides is 1. The van der Waals surface area contributed by atoms with Gasteiger partial charge in [-0.15, -0.1) is 0 Å². The molecule has 1 heterocycles. The zero-order valence-electron chi connectivity index (χ0n) is 19.2. The highest BCUT2D eigenvalue weighted by Crippen LogP contribution is 2.35. The minimum atomic E-state index is -3.74. The Morgan fingerprint density at radius 1 is 1.03 bits per heavy atom. The number of rotatable bonds is 8. The van der Waals surface area contributed by atoms with E-state index in [1.54, 1.807) is 48.5 Å². The van der Waals surface area contributed by atoms with Crippen LogP contribution < -0.4 is 19.1 Å². The number of hydrogen-bond donors (Lipinski definition) is 1. The molecule has 0 bridgehead atoms. The van der Waals surface area contributed by atoms with Crippen LogP contribution in [0.3, 0.4) is 0 Å². The third-order valence-electron chi connectivity index (χ3n) is 5.77. The zero-order chi connectivity index (χ0) is 24.1. The minimum absolute atomic E-state index is 0.101. The number of anilines is 1. The van der Waals surface area contributed by atoms with Crippen molar-refractivity contribution in [2.75, 3.05) is 24.0 Å². The lowest BCUT2D eigenvalue weighted by Gasteiger charge is -2.34. The number of nitrogens with one attached hydrogen (secondary N) is 1. The molecule has 3 aromatic rings. The second-order valence-corrected chi connectivity index (χ2v) is 10.1. The molecule has 4 rings (SSSR count). The van der Waals surface area contributed by atoms with E-state index in [0.29, 0.717) is 17.0 Å². The van der Waals surface area contributed by atoms with Crippen molar-refractivity contribution in [2.24, 2.45) is 0 Å². The number of nitrogens with zero attached hydrogens (tertiary/aromatic N) is 1. The molecule has 0 radical (unpaired) electrons. The maximum Gasteiger partial charge on any atom is 0.263 e. The fraction of sp³-hybridized carbons (Fsp3) is 0.269. The number of hydrogen-bond acceptors (Lipinski definition) is 5. The molecule has 1 aliphatic heterocycles. The summed E-state index contributed by atoms with van der Waals surface area (Å²) < 4.78 is 39.5. The van der Waals surface area contributed by atoms with Gasteiger partial charge < -0.3 is 14.8 Å². The molecule has 1 amide bonds. The van der Waals surface area contributed by atoms with Gasteiger partial charge in [0.25, 0.3) is 5.91 Å². The maximum atomic E-state index is 13.3. The van der Waals surface area contributed by atoms with Gasteiger partial charge in [0.2, 0.25) is 10.0 Å². The van der Waals surface area contributed by atoms with Gasteiger partial charge in [0.05, 0.1) is 24.5 Å². The number of aryl methyl sites for hydroxylation is 1. The van der Waals surface area contributed by atoms with E-state index in [-0.39, 0.29) is 31.4 Å². The quantitative estimate of drug-likeness (QED) is 0.498. The number of ether oxygens (including phenoxy) is 2. The summed E-state index contributed by atoms with van der Waals surface area (Å²) in [5, 5.41) is 2.80. The van der Waals surface area contributed by atoms with Crippen molar-refractivity contribution >= 4 is 21.6 Å². The van der Waals surface area contributed by atoms with Crippen LogP contribution in [0.25, 0.3) is 0 Å². The Hall–Kier alpha value is -3.52. The zero-order valence-corrected chi connectivity index (χ0v) is 20.0. The Balaban J connectivity index is 1.42.